The molecule has 0 heterocycles. The standard InChI is InChI=1S/C12H16ClN3O3.ClH/c1-12(2,7-14)15-11(17)5-8-3-4-9(16(18)19)6-10(8)13;/h3-4,6H,5,7,14H2,1-2H3,(H,15,17);1H. The van der Waals surface area contributed by atoms with Crippen molar-refractivity contribution in [3.63, 3.8) is 0 Å². The molecule has 1 amide bonds. The Labute approximate surface area is 128 Å². The molecule has 0 bridgehead atoms. The zero-order valence-electron chi connectivity index (χ0n) is 11.2. The van der Waals surface area contributed by atoms with Gasteiger partial charge in [0.15, 0.2) is 0 Å². The Morgan fingerprint density at radius 3 is 2.55 bits per heavy atom. The Kier molecular flexibility index (Phi) is 6.91. The van der Waals surface area contributed by atoms with Crippen LogP contribution in [0.2, 0.25) is 5.02 Å². The average molecular weight is 322 g/mol. The molecule has 0 spiro atoms. The summed E-state index contributed by atoms with van der Waals surface area (Å²) in [6.45, 7) is 3.93. The molecule has 1 aromatic rings. The summed E-state index contributed by atoms with van der Waals surface area (Å²) in [5.74, 6) is -0.230. The van der Waals surface area contributed by atoms with Gasteiger partial charge in [0.05, 0.1) is 16.4 Å². The highest BCUT2D eigenvalue weighted by Crippen LogP contribution is 2.22. The zero-order valence-corrected chi connectivity index (χ0v) is 12.8. The van der Waals surface area contributed by atoms with Crippen LogP contribution in [0.25, 0.3) is 0 Å². The molecule has 0 radical (unpaired) electrons. The smallest absolute Gasteiger partial charge is 0.270 e. The van der Waals surface area contributed by atoms with Gasteiger partial charge in [-0.05, 0) is 19.4 Å². The molecule has 0 fully saturated rings. The second-order valence-corrected chi connectivity index (χ2v) is 5.25. The predicted molar refractivity (Wildman–Crippen MR) is 80.3 cm³/mol. The van der Waals surface area contributed by atoms with Crippen LogP contribution in [-0.2, 0) is 11.2 Å². The summed E-state index contributed by atoms with van der Waals surface area (Å²) in [5, 5.41) is 13.5. The van der Waals surface area contributed by atoms with Crippen LogP contribution in [-0.4, -0.2) is 22.9 Å². The molecule has 0 aliphatic rings. The second kappa shape index (κ2) is 7.42. The first-order valence-corrected chi connectivity index (χ1v) is 6.07. The van der Waals surface area contributed by atoms with Gasteiger partial charge in [-0.25, -0.2) is 0 Å². The lowest BCUT2D eigenvalue weighted by molar-refractivity contribution is -0.384. The van der Waals surface area contributed by atoms with Crippen LogP contribution in [0.1, 0.15) is 19.4 Å². The molecule has 0 atom stereocenters. The van der Waals surface area contributed by atoms with E-state index in [0.29, 0.717) is 12.1 Å². The Morgan fingerprint density at radius 2 is 2.10 bits per heavy atom. The second-order valence-electron chi connectivity index (χ2n) is 4.85. The lowest BCUT2D eigenvalue weighted by atomic mass is 10.0. The number of non-ortho nitro benzene ring substituents is 1. The fourth-order valence-corrected chi connectivity index (χ4v) is 1.68. The number of nitrogens with one attached hydrogen (secondary N) is 1. The lowest BCUT2D eigenvalue weighted by Crippen LogP contribution is -2.49. The van der Waals surface area contributed by atoms with Gasteiger partial charge in [0.1, 0.15) is 0 Å². The van der Waals surface area contributed by atoms with Crippen molar-refractivity contribution in [3.8, 4) is 0 Å². The molecule has 1 aromatic carbocycles. The number of benzene rings is 1. The molecule has 0 aliphatic carbocycles. The molecule has 1 rings (SSSR count). The minimum Gasteiger partial charge on any atom is -0.350 e. The van der Waals surface area contributed by atoms with Crippen molar-refractivity contribution in [3.05, 3.63) is 38.9 Å². The van der Waals surface area contributed by atoms with E-state index in [1.54, 1.807) is 0 Å². The Balaban J connectivity index is 0.00000361. The molecule has 0 saturated heterocycles. The van der Waals surface area contributed by atoms with E-state index in [9.17, 15) is 14.9 Å². The van der Waals surface area contributed by atoms with E-state index in [1.165, 1.54) is 18.2 Å². The Hall–Kier alpha value is -1.37. The average Bonchev–Trinajstić information content (AvgIpc) is 2.30. The van der Waals surface area contributed by atoms with Gasteiger partial charge >= 0.3 is 0 Å². The van der Waals surface area contributed by atoms with E-state index in [4.69, 9.17) is 17.3 Å². The monoisotopic (exact) mass is 321 g/mol. The molecule has 6 nitrogen and oxygen atoms in total. The fourth-order valence-electron chi connectivity index (χ4n) is 1.44. The molecular weight excluding hydrogens is 305 g/mol. The number of carbonyl (C=O) groups is 1. The van der Waals surface area contributed by atoms with Gasteiger partial charge in [0.25, 0.3) is 5.69 Å². The lowest BCUT2D eigenvalue weighted by Gasteiger charge is -2.24. The highest BCUT2D eigenvalue weighted by atomic mass is 35.5. The number of hydrogen-bond acceptors (Lipinski definition) is 4. The molecule has 0 unspecified atom stereocenters. The summed E-state index contributed by atoms with van der Waals surface area (Å²) < 4.78 is 0. The van der Waals surface area contributed by atoms with Gasteiger partial charge in [-0.15, -0.1) is 12.4 Å². The van der Waals surface area contributed by atoms with E-state index in [0.717, 1.165) is 0 Å². The summed E-state index contributed by atoms with van der Waals surface area (Å²) in [6.07, 6.45) is 0.0558. The van der Waals surface area contributed by atoms with Crippen molar-refractivity contribution in [2.45, 2.75) is 25.8 Å². The van der Waals surface area contributed by atoms with Crippen molar-refractivity contribution in [2.75, 3.05) is 6.54 Å². The summed E-state index contributed by atoms with van der Waals surface area (Å²) >= 11 is 5.91. The van der Waals surface area contributed by atoms with E-state index < -0.39 is 10.5 Å². The van der Waals surface area contributed by atoms with Gasteiger partial charge in [-0.1, -0.05) is 17.7 Å². The number of halogens is 2. The summed E-state index contributed by atoms with van der Waals surface area (Å²) in [4.78, 5) is 21.8. The summed E-state index contributed by atoms with van der Waals surface area (Å²) in [6, 6.07) is 4.04. The van der Waals surface area contributed by atoms with Crippen LogP contribution in [0.3, 0.4) is 0 Å². The van der Waals surface area contributed by atoms with Crippen LogP contribution in [0.15, 0.2) is 18.2 Å². The summed E-state index contributed by atoms with van der Waals surface area (Å²) in [7, 11) is 0. The van der Waals surface area contributed by atoms with Gasteiger partial charge in [0, 0.05) is 24.2 Å². The van der Waals surface area contributed by atoms with Crippen LogP contribution in [0, 0.1) is 10.1 Å². The third-order valence-corrected chi connectivity index (χ3v) is 2.94. The highest BCUT2D eigenvalue weighted by molar-refractivity contribution is 6.31. The van der Waals surface area contributed by atoms with Crippen LogP contribution in [0.4, 0.5) is 5.69 Å². The van der Waals surface area contributed by atoms with E-state index in [1.807, 2.05) is 13.8 Å². The van der Waals surface area contributed by atoms with Crippen LogP contribution in [0.5, 0.6) is 0 Å². The highest BCUT2D eigenvalue weighted by Gasteiger charge is 2.19. The van der Waals surface area contributed by atoms with Crippen molar-refractivity contribution in [1.29, 1.82) is 0 Å². The number of nitrogens with zero attached hydrogens (tertiary/aromatic N) is 1. The predicted octanol–water partition coefficient (Wildman–Crippen LogP) is 2.07. The minimum absolute atomic E-state index is 0. The molecule has 0 aromatic heterocycles. The molecule has 0 aliphatic heterocycles. The van der Waals surface area contributed by atoms with Gasteiger partial charge in [-0.3, -0.25) is 14.9 Å². The number of carbonyl (C=O) groups excluding carboxylic acids is 1. The first kappa shape index (κ1) is 18.6. The van der Waals surface area contributed by atoms with Crippen molar-refractivity contribution >= 4 is 35.6 Å². The third kappa shape index (κ3) is 5.32. The van der Waals surface area contributed by atoms with E-state index in [-0.39, 0.29) is 35.4 Å². The number of hydrogen-bond donors (Lipinski definition) is 2. The maximum absolute atomic E-state index is 11.8. The van der Waals surface area contributed by atoms with Gasteiger partial charge < -0.3 is 11.1 Å². The largest absolute Gasteiger partial charge is 0.350 e. The molecule has 8 heteroatoms. The Bertz CT molecular complexity index is 507. The summed E-state index contributed by atoms with van der Waals surface area (Å²) in [5.41, 5.74) is 5.46. The maximum Gasteiger partial charge on any atom is 0.270 e. The first-order valence-electron chi connectivity index (χ1n) is 5.69. The van der Waals surface area contributed by atoms with Crippen molar-refractivity contribution in [2.24, 2.45) is 5.73 Å². The van der Waals surface area contributed by atoms with Crippen molar-refractivity contribution < 1.29 is 9.72 Å². The van der Waals surface area contributed by atoms with Crippen LogP contribution < -0.4 is 11.1 Å². The molecule has 20 heavy (non-hydrogen) atoms. The number of nitro benzene ring substituents is 1. The van der Waals surface area contributed by atoms with Crippen LogP contribution >= 0.6 is 24.0 Å². The Morgan fingerprint density at radius 1 is 1.50 bits per heavy atom. The minimum atomic E-state index is -0.534. The zero-order chi connectivity index (χ0) is 14.6. The van der Waals surface area contributed by atoms with Gasteiger partial charge in [0.2, 0.25) is 5.91 Å². The molecule has 112 valence electrons. The molecular formula is C12H17Cl2N3O3. The van der Waals surface area contributed by atoms with E-state index in [2.05, 4.69) is 5.32 Å². The van der Waals surface area contributed by atoms with E-state index >= 15 is 0 Å². The molecule has 0 saturated carbocycles. The third-order valence-electron chi connectivity index (χ3n) is 2.59. The van der Waals surface area contributed by atoms with Crippen molar-refractivity contribution in [1.82, 2.24) is 5.32 Å². The van der Waals surface area contributed by atoms with Gasteiger partial charge in [-0.2, -0.15) is 0 Å². The normalized spacial score (nSPS) is 10.6. The number of nitro groups is 1. The molecule has 3 N–H and O–H groups in total. The SMILES string of the molecule is CC(C)(CN)NC(=O)Cc1ccc([N+](=O)[O-])cc1Cl.Cl. The topological polar surface area (TPSA) is 98.3 Å². The number of amides is 1. The fraction of sp³-hybridized carbons (Fsp3) is 0.417. The quantitative estimate of drug-likeness (QED) is 0.640. The first-order chi connectivity index (χ1) is 8.75. The number of nitrogens with two attached hydrogens (primary N) is 1. The maximum atomic E-state index is 11.8. The number of rotatable bonds is 5.